The molecule has 1 atom stereocenters. The molecular weight excluding hydrogens is 300 g/mol. The summed E-state index contributed by atoms with van der Waals surface area (Å²) in [6.07, 6.45) is 3.54. The van der Waals surface area contributed by atoms with Crippen molar-refractivity contribution >= 4 is 35.0 Å². The number of imidazole rings is 1. The Kier molecular flexibility index (Phi) is 5.21. The van der Waals surface area contributed by atoms with Crippen molar-refractivity contribution in [2.45, 2.75) is 24.3 Å². The van der Waals surface area contributed by atoms with Gasteiger partial charge in [0.15, 0.2) is 5.16 Å². The van der Waals surface area contributed by atoms with E-state index in [2.05, 4.69) is 15.6 Å². The molecule has 2 rings (SSSR count). The van der Waals surface area contributed by atoms with Crippen LogP contribution in [0.25, 0.3) is 0 Å². The summed E-state index contributed by atoms with van der Waals surface area (Å²) in [5.74, 6) is -0.225. The van der Waals surface area contributed by atoms with E-state index in [1.165, 1.54) is 18.7 Å². The second kappa shape index (κ2) is 7.13. The Balaban J connectivity index is 1.93. The zero-order valence-corrected chi connectivity index (χ0v) is 13.5. The zero-order valence-electron chi connectivity index (χ0n) is 12.7. The summed E-state index contributed by atoms with van der Waals surface area (Å²) in [6.45, 7) is 3.28. The monoisotopic (exact) mass is 318 g/mol. The van der Waals surface area contributed by atoms with Gasteiger partial charge in [0.2, 0.25) is 11.8 Å². The molecular formula is C15H18N4O2S. The Hall–Kier alpha value is -2.28. The molecule has 2 amide bonds. The highest BCUT2D eigenvalue weighted by Gasteiger charge is 2.16. The molecule has 0 spiro atoms. The third-order valence-electron chi connectivity index (χ3n) is 2.90. The number of hydrogen-bond donors (Lipinski definition) is 2. The van der Waals surface area contributed by atoms with Gasteiger partial charge >= 0.3 is 0 Å². The van der Waals surface area contributed by atoms with E-state index >= 15 is 0 Å². The molecule has 6 nitrogen and oxygen atoms in total. The lowest BCUT2D eigenvalue weighted by Crippen LogP contribution is -2.22. The molecule has 7 heteroatoms. The van der Waals surface area contributed by atoms with Gasteiger partial charge < -0.3 is 15.2 Å². The van der Waals surface area contributed by atoms with Crippen molar-refractivity contribution in [2.24, 2.45) is 7.05 Å². The van der Waals surface area contributed by atoms with Gasteiger partial charge in [-0.15, -0.1) is 0 Å². The largest absolute Gasteiger partial charge is 0.329 e. The number of carbonyl (C=O) groups is 2. The number of amides is 2. The molecule has 0 fully saturated rings. The number of anilines is 2. The van der Waals surface area contributed by atoms with E-state index in [1.54, 1.807) is 30.5 Å². The van der Waals surface area contributed by atoms with Gasteiger partial charge in [-0.05, 0) is 31.2 Å². The maximum atomic E-state index is 12.2. The van der Waals surface area contributed by atoms with Crippen LogP contribution in [-0.2, 0) is 16.6 Å². The molecule has 0 aliphatic carbocycles. The molecule has 1 aromatic carbocycles. The topological polar surface area (TPSA) is 76.0 Å². The fourth-order valence-corrected chi connectivity index (χ4v) is 2.59. The maximum Gasteiger partial charge on any atom is 0.237 e. The van der Waals surface area contributed by atoms with E-state index in [1.807, 2.05) is 24.7 Å². The number of aryl methyl sites for hydroxylation is 1. The summed E-state index contributed by atoms with van der Waals surface area (Å²) >= 11 is 1.40. The van der Waals surface area contributed by atoms with Crippen LogP contribution in [0, 0.1) is 0 Å². The second-order valence-corrected chi connectivity index (χ2v) is 6.14. The van der Waals surface area contributed by atoms with E-state index in [9.17, 15) is 9.59 Å². The smallest absolute Gasteiger partial charge is 0.237 e. The number of rotatable bonds is 5. The Bertz CT molecular complexity index is 666. The molecule has 0 radical (unpaired) electrons. The minimum absolute atomic E-state index is 0.0970. The summed E-state index contributed by atoms with van der Waals surface area (Å²) in [7, 11) is 1.89. The predicted molar refractivity (Wildman–Crippen MR) is 87.9 cm³/mol. The lowest BCUT2D eigenvalue weighted by Gasteiger charge is -2.12. The van der Waals surface area contributed by atoms with Gasteiger partial charge in [0.05, 0.1) is 5.25 Å². The molecule has 0 bridgehead atoms. The summed E-state index contributed by atoms with van der Waals surface area (Å²) < 4.78 is 1.87. The quantitative estimate of drug-likeness (QED) is 0.831. The Morgan fingerprint density at radius 3 is 2.27 bits per heavy atom. The first-order valence-electron chi connectivity index (χ1n) is 6.78. The van der Waals surface area contributed by atoms with Crippen molar-refractivity contribution in [3.05, 3.63) is 36.7 Å². The lowest BCUT2D eigenvalue weighted by atomic mass is 10.2. The average molecular weight is 318 g/mol. The standard InChI is InChI=1S/C15H18N4O2S/c1-10(22-15-16-8-9-19(15)3)14(21)18-13-6-4-12(5-7-13)17-11(2)20/h4-10H,1-3H3,(H,17,20)(H,18,21)/t10-/m1/s1. The van der Waals surface area contributed by atoms with Gasteiger partial charge in [0, 0.05) is 37.7 Å². The van der Waals surface area contributed by atoms with Gasteiger partial charge in [0.1, 0.15) is 0 Å². The molecule has 0 aliphatic rings. The van der Waals surface area contributed by atoms with Crippen LogP contribution in [0.15, 0.2) is 41.8 Å². The van der Waals surface area contributed by atoms with E-state index in [0.29, 0.717) is 11.4 Å². The highest BCUT2D eigenvalue weighted by Crippen LogP contribution is 2.22. The van der Waals surface area contributed by atoms with Crippen LogP contribution >= 0.6 is 11.8 Å². The third kappa shape index (κ3) is 4.36. The van der Waals surface area contributed by atoms with Crippen molar-refractivity contribution in [1.82, 2.24) is 9.55 Å². The first-order chi connectivity index (χ1) is 10.5. The molecule has 1 heterocycles. The van der Waals surface area contributed by atoms with Crippen LogP contribution in [0.4, 0.5) is 11.4 Å². The van der Waals surface area contributed by atoms with E-state index in [-0.39, 0.29) is 17.1 Å². The number of nitrogens with zero attached hydrogens (tertiary/aromatic N) is 2. The molecule has 0 saturated carbocycles. The van der Waals surface area contributed by atoms with Crippen LogP contribution in [0.2, 0.25) is 0 Å². The fourth-order valence-electron chi connectivity index (χ4n) is 1.76. The van der Waals surface area contributed by atoms with Gasteiger partial charge in [0.25, 0.3) is 0 Å². The minimum atomic E-state index is -0.267. The van der Waals surface area contributed by atoms with Crippen molar-refractivity contribution in [1.29, 1.82) is 0 Å². The van der Waals surface area contributed by atoms with Crippen LogP contribution in [0.5, 0.6) is 0 Å². The highest BCUT2D eigenvalue weighted by molar-refractivity contribution is 8.00. The molecule has 2 aromatic rings. The highest BCUT2D eigenvalue weighted by atomic mass is 32.2. The number of carbonyl (C=O) groups excluding carboxylic acids is 2. The van der Waals surface area contributed by atoms with Crippen LogP contribution in [0.3, 0.4) is 0 Å². The third-order valence-corrected chi connectivity index (χ3v) is 4.07. The van der Waals surface area contributed by atoms with Gasteiger partial charge in [-0.25, -0.2) is 4.98 Å². The molecule has 0 saturated heterocycles. The average Bonchev–Trinajstić information content (AvgIpc) is 2.86. The van der Waals surface area contributed by atoms with E-state index < -0.39 is 0 Å². The van der Waals surface area contributed by atoms with Gasteiger partial charge in [-0.1, -0.05) is 11.8 Å². The van der Waals surface area contributed by atoms with Gasteiger partial charge in [-0.3, -0.25) is 9.59 Å². The fraction of sp³-hybridized carbons (Fsp3) is 0.267. The Labute approximate surface area is 133 Å². The van der Waals surface area contributed by atoms with Crippen molar-refractivity contribution in [2.75, 3.05) is 10.6 Å². The van der Waals surface area contributed by atoms with Crippen molar-refractivity contribution in [3.8, 4) is 0 Å². The van der Waals surface area contributed by atoms with E-state index in [0.717, 1.165) is 5.16 Å². The number of benzene rings is 1. The maximum absolute atomic E-state index is 12.2. The molecule has 2 N–H and O–H groups in total. The summed E-state index contributed by atoms with van der Waals surface area (Å²) in [5.41, 5.74) is 1.38. The molecule has 0 unspecified atom stereocenters. The number of hydrogen-bond acceptors (Lipinski definition) is 4. The SMILES string of the molecule is CC(=O)Nc1ccc(NC(=O)[C@@H](C)Sc2nccn2C)cc1. The molecule has 0 aliphatic heterocycles. The first kappa shape index (κ1) is 16.1. The van der Waals surface area contributed by atoms with Crippen molar-refractivity contribution in [3.63, 3.8) is 0 Å². The Morgan fingerprint density at radius 1 is 1.18 bits per heavy atom. The number of thioether (sulfide) groups is 1. The molecule has 22 heavy (non-hydrogen) atoms. The van der Waals surface area contributed by atoms with Crippen LogP contribution < -0.4 is 10.6 Å². The van der Waals surface area contributed by atoms with E-state index in [4.69, 9.17) is 0 Å². The van der Waals surface area contributed by atoms with Gasteiger partial charge in [-0.2, -0.15) is 0 Å². The number of aromatic nitrogens is 2. The zero-order chi connectivity index (χ0) is 16.1. The predicted octanol–water partition coefficient (Wildman–Crippen LogP) is 2.50. The normalized spacial score (nSPS) is 11.8. The van der Waals surface area contributed by atoms with Crippen LogP contribution in [0.1, 0.15) is 13.8 Å². The molecule has 1 aromatic heterocycles. The minimum Gasteiger partial charge on any atom is -0.329 e. The van der Waals surface area contributed by atoms with Crippen molar-refractivity contribution < 1.29 is 9.59 Å². The number of nitrogens with one attached hydrogen (secondary N) is 2. The Morgan fingerprint density at radius 2 is 1.77 bits per heavy atom. The van der Waals surface area contributed by atoms with Crippen LogP contribution in [-0.4, -0.2) is 26.6 Å². The molecule has 116 valence electrons. The first-order valence-corrected chi connectivity index (χ1v) is 7.66. The lowest BCUT2D eigenvalue weighted by molar-refractivity contribution is -0.115. The summed E-state index contributed by atoms with van der Waals surface area (Å²) in [5, 5.41) is 6.05. The summed E-state index contributed by atoms with van der Waals surface area (Å²) in [4.78, 5) is 27.3. The summed E-state index contributed by atoms with van der Waals surface area (Å²) in [6, 6.07) is 6.99. The second-order valence-electron chi connectivity index (χ2n) is 4.83.